The molecule has 9 heteroatoms. The number of carbonyl (C=O) groups excluding carboxylic acids is 2. The first kappa shape index (κ1) is 26.3. The molecule has 0 saturated carbocycles. The van der Waals surface area contributed by atoms with Crippen LogP contribution in [-0.2, 0) is 17.9 Å². The summed E-state index contributed by atoms with van der Waals surface area (Å²) in [5.41, 5.74) is 3.33. The molecule has 0 unspecified atom stereocenters. The Morgan fingerprint density at radius 2 is 1.92 bits per heavy atom. The van der Waals surface area contributed by atoms with Crippen molar-refractivity contribution >= 4 is 56.5 Å². The van der Waals surface area contributed by atoms with E-state index in [9.17, 15) is 14.0 Å². The van der Waals surface area contributed by atoms with Crippen molar-refractivity contribution in [2.24, 2.45) is 0 Å². The van der Waals surface area contributed by atoms with Crippen LogP contribution < -0.4 is 9.47 Å². The molecule has 1 aliphatic heterocycles. The molecule has 0 aromatic heterocycles. The van der Waals surface area contributed by atoms with Crippen LogP contribution in [0.15, 0.2) is 64.0 Å². The average Bonchev–Trinajstić information content (AvgIpc) is 3.07. The van der Waals surface area contributed by atoms with Gasteiger partial charge in [-0.15, -0.1) is 0 Å². The molecule has 1 heterocycles. The first-order chi connectivity index (χ1) is 17.2. The highest BCUT2D eigenvalue weighted by atomic mass is 79.9. The van der Waals surface area contributed by atoms with Crippen molar-refractivity contribution in [2.75, 3.05) is 6.61 Å². The summed E-state index contributed by atoms with van der Waals surface area (Å²) in [5, 5.41) is -0.265. The molecule has 1 saturated heterocycles. The summed E-state index contributed by atoms with van der Waals surface area (Å²) in [4.78, 5) is 26.9. The van der Waals surface area contributed by atoms with Gasteiger partial charge < -0.3 is 9.47 Å². The quantitative estimate of drug-likeness (QED) is 0.251. The maximum absolute atomic E-state index is 13.3. The Bertz CT molecular complexity index is 1360. The maximum Gasteiger partial charge on any atom is 0.293 e. The lowest BCUT2D eigenvalue weighted by Crippen LogP contribution is -2.27. The zero-order chi connectivity index (χ0) is 25.8. The van der Waals surface area contributed by atoms with Crippen LogP contribution in [0.2, 0.25) is 5.02 Å². The highest BCUT2D eigenvalue weighted by Gasteiger charge is 2.35. The number of nitrogens with zero attached hydrogens (tertiary/aromatic N) is 1. The number of hydrogen-bond donors (Lipinski definition) is 0. The highest BCUT2D eigenvalue weighted by molar-refractivity contribution is 9.10. The van der Waals surface area contributed by atoms with E-state index >= 15 is 0 Å². The zero-order valence-electron chi connectivity index (χ0n) is 19.5. The van der Waals surface area contributed by atoms with Crippen molar-refractivity contribution in [2.45, 2.75) is 27.0 Å². The van der Waals surface area contributed by atoms with E-state index in [1.807, 2.05) is 32.0 Å². The SMILES string of the molecule is CCOc1cc(/C=C2\SC(=O)N(Cc3ccc(F)cc3Cl)C2=O)cc(Br)c1OCc1cccc(C)c1. The van der Waals surface area contributed by atoms with Gasteiger partial charge in [0.05, 0.1) is 22.5 Å². The van der Waals surface area contributed by atoms with Crippen molar-refractivity contribution < 1.29 is 23.5 Å². The lowest BCUT2D eigenvalue weighted by Gasteiger charge is -2.15. The third-order valence-electron chi connectivity index (χ3n) is 5.31. The Hall–Kier alpha value is -2.81. The van der Waals surface area contributed by atoms with Crippen LogP contribution in [0.25, 0.3) is 6.08 Å². The Morgan fingerprint density at radius 3 is 2.64 bits per heavy atom. The fourth-order valence-electron chi connectivity index (χ4n) is 3.64. The van der Waals surface area contributed by atoms with E-state index < -0.39 is 17.0 Å². The maximum atomic E-state index is 13.3. The summed E-state index contributed by atoms with van der Waals surface area (Å²) in [6, 6.07) is 15.5. The topological polar surface area (TPSA) is 55.8 Å². The summed E-state index contributed by atoms with van der Waals surface area (Å²) in [5.74, 6) is 0.136. The van der Waals surface area contributed by atoms with Crippen LogP contribution in [0.4, 0.5) is 9.18 Å². The fourth-order valence-corrected chi connectivity index (χ4v) is 5.28. The summed E-state index contributed by atoms with van der Waals surface area (Å²) < 4.78 is 25.9. The van der Waals surface area contributed by atoms with Gasteiger partial charge in [0, 0.05) is 5.02 Å². The minimum absolute atomic E-state index is 0.0409. The van der Waals surface area contributed by atoms with E-state index in [1.54, 1.807) is 18.2 Å². The molecule has 4 rings (SSSR count). The Kier molecular flexibility index (Phi) is 8.39. The second kappa shape index (κ2) is 11.5. The minimum atomic E-state index is -0.486. The number of aryl methyl sites for hydroxylation is 1. The van der Waals surface area contributed by atoms with Crippen molar-refractivity contribution in [3.8, 4) is 11.5 Å². The van der Waals surface area contributed by atoms with Gasteiger partial charge in [0.25, 0.3) is 11.1 Å². The third kappa shape index (κ3) is 6.11. The number of benzene rings is 3. The van der Waals surface area contributed by atoms with Crippen LogP contribution in [0.1, 0.15) is 29.2 Å². The molecule has 0 spiro atoms. The highest BCUT2D eigenvalue weighted by Crippen LogP contribution is 2.40. The predicted octanol–water partition coefficient (Wildman–Crippen LogP) is 7.76. The number of rotatable bonds is 8. The van der Waals surface area contributed by atoms with Crippen molar-refractivity contribution in [1.29, 1.82) is 0 Å². The van der Waals surface area contributed by atoms with Crippen molar-refractivity contribution in [3.63, 3.8) is 0 Å². The molecular weight excluding hydrogens is 569 g/mol. The van der Waals surface area contributed by atoms with Crippen LogP contribution >= 0.6 is 39.3 Å². The van der Waals surface area contributed by atoms with E-state index in [-0.39, 0.29) is 16.5 Å². The summed E-state index contributed by atoms with van der Waals surface area (Å²) in [6.07, 6.45) is 1.63. The Balaban J connectivity index is 1.56. The van der Waals surface area contributed by atoms with Gasteiger partial charge in [0.2, 0.25) is 0 Å². The lowest BCUT2D eigenvalue weighted by atomic mass is 10.1. The molecule has 5 nitrogen and oxygen atoms in total. The van der Waals surface area contributed by atoms with Crippen molar-refractivity contribution in [3.05, 3.63) is 97.1 Å². The smallest absolute Gasteiger partial charge is 0.293 e. The van der Waals surface area contributed by atoms with E-state index in [1.165, 1.54) is 12.1 Å². The van der Waals surface area contributed by atoms with Gasteiger partial charge in [0.15, 0.2) is 11.5 Å². The molecule has 0 aliphatic carbocycles. The monoisotopic (exact) mass is 589 g/mol. The molecule has 0 bridgehead atoms. The van der Waals surface area contributed by atoms with Gasteiger partial charge in [-0.25, -0.2) is 4.39 Å². The van der Waals surface area contributed by atoms with E-state index in [2.05, 4.69) is 22.0 Å². The van der Waals surface area contributed by atoms with Gasteiger partial charge in [-0.05, 0) is 88.6 Å². The van der Waals surface area contributed by atoms with Gasteiger partial charge in [-0.1, -0.05) is 47.5 Å². The molecule has 1 aliphatic rings. The third-order valence-corrected chi connectivity index (χ3v) is 7.16. The molecular formula is C27H22BrClFNO4S. The molecule has 186 valence electrons. The summed E-state index contributed by atoms with van der Waals surface area (Å²) in [7, 11) is 0. The minimum Gasteiger partial charge on any atom is -0.490 e. The Labute approximate surface area is 226 Å². The second-order valence-electron chi connectivity index (χ2n) is 8.04. The molecule has 0 N–H and O–H groups in total. The van der Waals surface area contributed by atoms with Crippen LogP contribution in [0, 0.1) is 12.7 Å². The molecule has 2 amide bonds. The normalized spacial score (nSPS) is 14.6. The van der Waals surface area contributed by atoms with Gasteiger partial charge in [0.1, 0.15) is 12.4 Å². The molecule has 36 heavy (non-hydrogen) atoms. The summed E-state index contributed by atoms with van der Waals surface area (Å²) in [6.45, 7) is 4.64. The van der Waals surface area contributed by atoms with Gasteiger partial charge in [-0.2, -0.15) is 0 Å². The largest absolute Gasteiger partial charge is 0.490 e. The number of thioether (sulfide) groups is 1. The lowest BCUT2D eigenvalue weighted by molar-refractivity contribution is -0.123. The Morgan fingerprint density at radius 1 is 1.11 bits per heavy atom. The van der Waals surface area contributed by atoms with Gasteiger partial charge in [-0.3, -0.25) is 14.5 Å². The number of carbonyl (C=O) groups is 2. The standard InChI is InChI=1S/C27H22BrClFNO4S/c1-3-34-23-11-18(10-21(28)25(23)35-15-17-6-4-5-16(2)9-17)12-24-26(32)31(27(33)36-24)14-19-7-8-20(30)13-22(19)29/h4-13H,3,14-15H2,1-2H3/b24-12-. The van der Waals surface area contributed by atoms with E-state index in [0.29, 0.717) is 40.3 Å². The molecule has 0 radical (unpaired) electrons. The number of ether oxygens (including phenoxy) is 2. The van der Waals surface area contributed by atoms with Crippen LogP contribution in [-0.4, -0.2) is 22.7 Å². The fraction of sp³-hybridized carbons (Fsp3) is 0.185. The second-order valence-corrected chi connectivity index (χ2v) is 10.3. The number of imide groups is 1. The van der Waals surface area contributed by atoms with Crippen LogP contribution in [0.5, 0.6) is 11.5 Å². The van der Waals surface area contributed by atoms with Gasteiger partial charge >= 0.3 is 0 Å². The van der Waals surface area contributed by atoms with Crippen molar-refractivity contribution in [1.82, 2.24) is 4.90 Å². The molecule has 3 aromatic carbocycles. The predicted molar refractivity (Wildman–Crippen MR) is 144 cm³/mol. The number of halogens is 3. The number of amides is 2. The van der Waals surface area contributed by atoms with E-state index in [4.69, 9.17) is 21.1 Å². The number of hydrogen-bond acceptors (Lipinski definition) is 5. The molecule has 1 fully saturated rings. The summed E-state index contributed by atoms with van der Waals surface area (Å²) >= 11 is 10.5. The zero-order valence-corrected chi connectivity index (χ0v) is 22.7. The first-order valence-electron chi connectivity index (χ1n) is 11.1. The average molecular weight is 591 g/mol. The molecule has 0 atom stereocenters. The first-order valence-corrected chi connectivity index (χ1v) is 13.1. The van der Waals surface area contributed by atoms with E-state index in [0.717, 1.165) is 33.9 Å². The molecule has 3 aromatic rings. The van der Waals surface area contributed by atoms with Crippen LogP contribution in [0.3, 0.4) is 0 Å².